The highest BCUT2D eigenvalue weighted by molar-refractivity contribution is 5.78. The number of hydrogen-bond acceptors (Lipinski definition) is 4. The van der Waals surface area contributed by atoms with Gasteiger partial charge in [-0.15, -0.1) is 0 Å². The average molecular weight is 331 g/mol. The fourth-order valence-electron chi connectivity index (χ4n) is 3.42. The van der Waals surface area contributed by atoms with Crippen molar-refractivity contribution < 1.29 is 9.53 Å². The lowest BCUT2D eigenvalue weighted by Crippen LogP contribution is -2.49. The standard InChI is InChI=1S/C19H29N3O2/c1-16-13-21(12-11-20(16)2)14-17-5-7-18(8-6-17)24-15-19(23)22-9-3-4-10-22/h5-8,16H,3-4,9-15H2,1-2H3/t16-/m0/s1. The van der Waals surface area contributed by atoms with Gasteiger partial charge < -0.3 is 14.5 Å². The van der Waals surface area contributed by atoms with E-state index in [0.29, 0.717) is 6.04 Å². The molecule has 5 nitrogen and oxygen atoms in total. The number of carbonyl (C=O) groups is 1. The maximum atomic E-state index is 12.0. The minimum Gasteiger partial charge on any atom is -0.484 e. The zero-order valence-corrected chi connectivity index (χ0v) is 14.9. The maximum Gasteiger partial charge on any atom is 0.260 e. The van der Waals surface area contributed by atoms with E-state index in [1.54, 1.807) is 0 Å². The highest BCUT2D eigenvalue weighted by Gasteiger charge is 2.20. The van der Waals surface area contributed by atoms with Crippen molar-refractivity contribution in [2.24, 2.45) is 0 Å². The fraction of sp³-hybridized carbons (Fsp3) is 0.632. The van der Waals surface area contributed by atoms with E-state index in [1.807, 2.05) is 17.0 Å². The maximum absolute atomic E-state index is 12.0. The molecule has 0 spiro atoms. The number of benzene rings is 1. The highest BCUT2D eigenvalue weighted by Crippen LogP contribution is 2.16. The predicted octanol–water partition coefficient (Wildman–Crippen LogP) is 1.82. The van der Waals surface area contributed by atoms with Crippen molar-refractivity contribution in [1.82, 2.24) is 14.7 Å². The van der Waals surface area contributed by atoms with Crippen molar-refractivity contribution >= 4 is 5.91 Å². The van der Waals surface area contributed by atoms with Crippen LogP contribution in [0.25, 0.3) is 0 Å². The van der Waals surface area contributed by atoms with E-state index in [2.05, 4.69) is 35.9 Å². The number of hydrogen-bond donors (Lipinski definition) is 0. The second kappa shape index (κ2) is 7.99. The van der Waals surface area contributed by atoms with Gasteiger partial charge in [0.25, 0.3) is 5.91 Å². The van der Waals surface area contributed by atoms with Gasteiger partial charge in [0.2, 0.25) is 0 Å². The third-order valence-corrected chi connectivity index (χ3v) is 5.19. The molecule has 2 aliphatic heterocycles. The van der Waals surface area contributed by atoms with Gasteiger partial charge in [-0.1, -0.05) is 12.1 Å². The minimum absolute atomic E-state index is 0.100. The molecule has 2 heterocycles. The van der Waals surface area contributed by atoms with E-state index in [4.69, 9.17) is 4.74 Å². The largest absolute Gasteiger partial charge is 0.484 e. The first kappa shape index (κ1) is 17.2. The summed E-state index contributed by atoms with van der Waals surface area (Å²) in [5.41, 5.74) is 1.30. The van der Waals surface area contributed by atoms with Crippen LogP contribution in [-0.4, -0.2) is 73.0 Å². The molecule has 1 aromatic carbocycles. The lowest BCUT2D eigenvalue weighted by molar-refractivity contribution is -0.132. The van der Waals surface area contributed by atoms with Crippen molar-refractivity contribution in [1.29, 1.82) is 0 Å². The summed E-state index contributed by atoms with van der Waals surface area (Å²) in [5.74, 6) is 0.876. The normalized spacial score (nSPS) is 22.8. The molecule has 0 aliphatic carbocycles. The van der Waals surface area contributed by atoms with Gasteiger partial charge in [0, 0.05) is 45.3 Å². The van der Waals surface area contributed by atoms with Crippen LogP contribution in [0.3, 0.4) is 0 Å². The van der Waals surface area contributed by atoms with E-state index in [0.717, 1.165) is 57.9 Å². The number of piperazine rings is 1. The van der Waals surface area contributed by atoms with E-state index in [1.165, 1.54) is 5.56 Å². The van der Waals surface area contributed by atoms with Crippen molar-refractivity contribution in [3.63, 3.8) is 0 Å². The summed E-state index contributed by atoms with van der Waals surface area (Å²) in [5, 5.41) is 0. The average Bonchev–Trinajstić information content (AvgIpc) is 3.12. The number of likely N-dealkylation sites (N-methyl/N-ethyl adjacent to an activating group) is 1. The Morgan fingerprint density at radius 1 is 1.12 bits per heavy atom. The Hall–Kier alpha value is -1.59. The molecule has 0 unspecified atom stereocenters. The number of amides is 1. The molecule has 0 N–H and O–H groups in total. The number of rotatable bonds is 5. The van der Waals surface area contributed by atoms with Gasteiger partial charge >= 0.3 is 0 Å². The molecule has 2 fully saturated rings. The highest BCUT2D eigenvalue weighted by atomic mass is 16.5. The van der Waals surface area contributed by atoms with Gasteiger partial charge in [-0.25, -0.2) is 0 Å². The van der Waals surface area contributed by atoms with Crippen LogP contribution >= 0.6 is 0 Å². The lowest BCUT2D eigenvalue weighted by Gasteiger charge is -2.37. The molecule has 1 aromatic rings. The predicted molar refractivity (Wildman–Crippen MR) is 95.1 cm³/mol. The van der Waals surface area contributed by atoms with Crippen LogP contribution in [0.15, 0.2) is 24.3 Å². The Balaban J connectivity index is 1.45. The van der Waals surface area contributed by atoms with Gasteiger partial charge in [0.1, 0.15) is 5.75 Å². The summed E-state index contributed by atoms with van der Waals surface area (Å²) in [4.78, 5) is 18.8. The number of likely N-dealkylation sites (tertiary alicyclic amines) is 1. The quantitative estimate of drug-likeness (QED) is 0.825. The third kappa shape index (κ3) is 4.48. The van der Waals surface area contributed by atoms with Crippen molar-refractivity contribution in [2.45, 2.75) is 32.4 Å². The monoisotopic (exact) mass is 331 g/mol. The molecule has 2 aliphatic rings. The molecular formula is C19H29N3O2. The van der Waals surface area contributed by atoms with E-state index >= 15 is 0 Å². The second-order valence-electron chi connectivity index (χ2n) is 7.09. The van der Waals surface area contributed by atoms with Gasteiger partial charge in [-0.3, -0.25) is 9.69 Å². The van der Waals surface area contributed by atoms with Crippen LogP contribution in [0, 0.1) is 0 Å². The zero-order chi connectivity index (χ0) is 16.9. The molecule has 1 amide bonds. The Kier molecular flexibility index (Phi) is 5.74. The first-order chi connectivity index (χ1) is 11.6. The summed E-state index contributed by atoms with van der Waals surface area (Å²) in [6.07, 6.45) is 2.23. The van der Waals surface area contributed by atoms with Crippen LogP contribution < -0.4 is 4.74 Å². The molecule has 132 valence electrons. The second-order valence-corrected chi connectivity index (χ2v) is 7.09. The molecule has 3 rings (SSSR count). The Labute approximate surface area is 145 Å². The van der Waals surface area contributed by atoms with Crippen molar-refractivity contribution in [3.8, 4) is 5.75 Å². The topological polar surface area (TPSA) is 36.0 Å². The molecular weight excluding hydrogens is 302 g/mol. The van der Waals surface area contributed by atoms with Crippen LogP contribution in [0.2, 0.25) is 0 Å². The number of carbonyl (C=O) groups excluding carboxylic acids is 1. The first-order valence-corrected chi connectivity index (χ1v) is 9.04. The zero-order valence-electron chi connectivity index (χ0n) is 14.9. The molecule has 2 saturated heterocycles. The summed E-state index contributed by atoms with van der Waals surface area (Å²) >= 11 is 0. The van der Waals surface area contributed by atoms with E-state index in [-0.39, 0.29) is 12.5 Å². The van der Waals surface area contributed by atoms with Gasteiger partial charge in [-0.2, -0.15) is 0 Å². The Morgan fingerprint density at radius 3 is 2.50 bits per heavy atom. The summed E-state index contributed by atoms with van der Waals surface area (Å²) in [6.45, 7) is 8.51. The first-order valence-electron chi connectivity index (χ1n) is 9.04. The fourth-order valence-corrected chi connectivity index (χ4v) is 3.42. The van der Waals surface area contributed by atoms with Crippen LogP contribution in [0.1, 0.15) is 25.3 Å². The Bertz CT molecular complexity index is 540. The number of nitrogens with zero attached hydrogens (tertiary/aromatic N) is 3. The van der Waals surface area contributed by atoms with Crippen LogP contribution in [-0.2, 0) is 11.3 Å². The Morgan fingerprint density at radius 2 is 1.83 bits per heavy atom. The molecule has 0 aromatic heterocycles. The van der Waals surface area contributed by atoms with Crippen molar-refractivity contribution in [3.05, 3.63) is 29.8 Å². The SMILES string of the molecule is C[C@H]1CN(Cc2ccc(OCC(=O)N3CCCC3)cc2)CCN1C. The molecule has 0 saturated carbocycles. The molecule has 5 heteroatoms. The van der Waals surface area contributed by atoms with E-state index in [9.17, 15) is 4.79 Å². The van der Waals surface area contributed by atoms with Gasteiger partial charge in [-0.05, 0) is 44.5 Å². The van der Waals surface area contributed by atoms with Crippen LogP contribution in [0.4, 0.5) is 0 Å². The van der Waals surface area contributed by atoms with Gasteiger partial charge in [0.15, 0.2) is 6.61 Å². The lowest BCUT2D eigenvalue weighted by atomic mass is 10.1. The van der Waals surface area contributed by atoms with E-state index < -0.39 is 0 Å². The third-order valence-electron chi connectivity index (χ3n) is 5.19. The summed E-state index contributed by atoms with van der Waals surface area (Å²) in [6, 6.07) is 8.79. The number of ether oxygens (including phenoxy) is 1. The summed E-state index contributed by atoms with van der Waals surface area (Å²) < 4.78 is 5.64. The van der Waals surface area contributed by atoms with Gasteiger partial charge in [0.05, 0.1) is 0 Å². The molecule has 0 bridgehead atoms. The molecule has 24 heavy (non-hydrogen) atoms. The van der Waals surface area contributed by atoms with Crippen LogP contribution in [0.5, 0.6) is 5.75 Å². The molecule has 1 atom stereocenters. The summed E-state index contributed by atoms with van der Waals surface area (Å²) in [7, 11) is 2.19. The smallest absolute Gasteiger partial charge is 0.260 e. The van der Waals surface area contributed by atoms with Crippen molar-refractivity contribution in [2.75, 3.05) is 46.4 Å². The molecule has 0 radical (unpaired) electrons. The minimum atomic E-state index is 0.100.